The zero-order chi connectivity index (χ0) is 16.6. The standard InChI is InChI=1S/C19H32O3/c1-4-7-8-9-10-11-12-13-14-16-18(20)17(15-5-2)19(21)22-6-3/h1,5,15,17-18,20H,6-14,16H2,2-3H3/b15-5-. The maximum absolute atomic E-state index is 11.8. The highest BCUT2D eigenvalue weighted by Crippen LogP contribution is 2.17. The van der Waals surface area contributed by atoms with Crippen LogP contribution in [-0.2, 0) is 9.53 Å². The number of ether oxygens (including phenoxy) is 1. The number of aliphatic hydroxyl groups excluding tert-OH is 1. The summed E-state index contributed by atoms with van der Waals surface area (Å²) in [6.45, 7) is 3.97. The van der Waals surface area contributed by atoms with Crippen molar-refractivity contribution in [2.24, 2.45) is 5.92 Å². The second-order valence-electron chi connectivity index (χ2n) is 5.59. The van der Waals surface area contributed by atoms with E-state index in [1.54, 1.807) is 19.1 Å². The van der Waals surface area contributed by atoms with E-state index in [9.17, 15) is 9.90 Å². The number of allylic oxidation sites excluding steroid dienone is 1. The Labute approximate surface area is 136 Å². The van der Waals surface area contributed by atoms with E-state index >= 15 is 0 Å². The number of esters is 1. The molecule has 0 saturated heterocycles. The predicted octanol–water partition coefficient (Wildman–Crippen LogP) is 4.25. The number of hydrogen-bond donors (Lipinski definition) is 1. The van der Waals surface area contributed by atoms with Gasteiger partial charge in [-0.15, -0.1) is 12.3 Å². The Balaban J connectivity index is 3.79. The molecule has 0 aromatic carbocycles. The van der Waals surface area contributed by atoms with Gasteiger partial charge >= 0.3 is 5.97 Å². The minimum absolute atomic E-state index is 0.332. The van der Waals surface area contributed by atoms with Crippen LogP contribution in [0.3, 0.4) is 0 Å². The highest BCUT2D eigenvalue weighted by molar-refractivity contribution is 5.75. The average molecular weight is 308 g/mol. The fourth-order valence-electron chi connectivity index (χ4n) is 2.45. The number of hydrogen-bond acceptors (Lipinski definition) is 3. The van der Waals surface area contributed by atoms with E-state index in [0.29, 0.717) is 13.0 Å². The van der Waals surface area contributed by atoms with Gasteiger partial charge in [-0.3, -0.25) is 4.79 Å². The van der Waals surface area contributed by atoms with Crippen LogP contribution >= 0.6 is 0 Å². The van der Waals surface area contributed by atoms with Crippen LogP contribution in [0, 0.1) is 18.3 Å². The molecule has 0 rings (SSSR count). The van der Waals surface area contributed by atoms with Crippen LogP contribution in [0.4, 0.5) is 0 Å². The predicted molar refractivity (Wildman–Crippen MR) is 91.3 cm³/mol. The fraction of sp³-hybridized carbons (Fsp3) is 0.737. The van der Waals surface area contributed by atoms with Crippen molar-refractivity contribution in [1.82, 2.24) is 0 Å². The Morgan fingerprint density at radius 1 is 1.18 bits per heavy atom. The summed E-state index contributed by atoms with van der Waals surface area (Å²) in [6.07, 6.45) is 17.6. The molecule has 0 aromatic heterocycles. The third-order valence-electron chi connectivity index (χ3n) is 3.69. The van der Waals surface area contributed by atoms with Gasteiger partial charge in [0.05, 0.1) is 12.7 Å². The summed E-state index contributed by atoms with van der Waals surface area (Å²) in [5.74, 6) is 1.79. The summed E-state index contributed by atoms with van der Waals surface area (Å²) >= 11 is 0. The molecule has 2 unspecified atom stereocenters. The van der Waals surface area contributed by atoms with Crippen molar-refractivity contribution in [2.75, 3.05) is 6.61 Å². The van der Waals surface area contributed by atoms with Crippen LogP contribution in [0.5, 0.6) is 0 Å². The van der Waals surface area contributed by atoms with Gasteiger partial charge in [-0.25, -0.2) is 0 Å². The van der Waals surface area contributed by atoms with E-state index in [2.05, 4.69) is 5.92 Å². The molecule has 0 heterocycles. The molecule has 3 heteroatoms. The Bertz CT molecular complexity index is 341. The number of rotatable bonds is 13. The van der Waals surface area contributed by atoms with Crippen molar-refractivity contribution in [3.63, 3.8) is 0 Å². The molecule has 0 aliphatic carbocycles. The number of unbranched alkanes of at least 4 members (excludes halogenated alkanes) is 7. The Morgan fingerprint density at radius 3 is 2.32 bits per heavy atom. The van der Waals surface area contributed by atoms with Gasteiger partial charge in [0.2, 0.25) is 0 Å². The first-order chi connectivity index (χ1) is 10.7. The zero-order valence-corrected chi connectivity index (χ0v) is 14.2. The molecule has 0 saturated carbocycles. The Kier molecular flexibility index (Phi) is 13.8. The lowest BCUT2D eigenvalue weighted by Gasteiger charge is -2.18. The number of terminal acetylenes is 1. The topological polar surface area (TPSA) is 46.5 Å². The van der Waals surface area contributed by atoms with E-state index in [4.69, 9.17) is 11.2 Å². The molecular formula is C19H32O3. The van der Waals surface area contributed by atoms with Crippen molar-refractivity contribution in [3.05, 3.63) is 12.2 Å². The largest absolute Gasteiger partial charge is 0.465 e. The van der Waals surface area contributed by atoms with Crippen LogP contribution in [0.1, 0.15) is 71.6 Å². The molecule has 0 radical (unpaired) electrons. The zero-order valence-electron chi connectivity index (χ0n) is 14.2. The van der Waals surface area contributed by atoms with Crippen LogP contribution < -0.4 is 0 Å². The summed E-state index contributed by atoms with van der Waals surface area (Å²) in [5, 5.41) is 10.2. The van der Waals surface area contributed by atoms with Gasteiger partial charge in [-0.1, -0.05) is 50.7 Å². The van der Waals surface area contributed by atoms with Gasteiger partial charge in [-0.05, 0) is 26.7 Å². The van der Waals surface area contributed by atoms with Crippen molar-refractivity contribution >= 4 is 5.97 Å². The van der Waals surface area contributed by atoms with Gasteiger partial charge in [0, 0.05) is 6.42 Å². The second-order valence-corrected chi connectivity index (χ2v) is 5.59. The first-order valence-corrected chi connectivity index (χ1v) is 8.58. The van der Waals surface area contributed by atoms with E-state index in [0.717, 1.165) is 25.7 Å². The lowest BCUT2D eigenvalue weighted by molar-refractivity contribution is -0.149. The molecule has 0 spiro atoms. The molecule has 0 bridgehead atoms. The highest BCUT2D eigenvalue weighted by atomic mass is 16.5. The molecular weight excluding hydrogens is 276 g/mol. The first-order valence-electron chi connectivity index (χ1n) is 8.58. The van der Waals surface area contributed by atoms with E-state index in [-0.39, 0.29) is 5.97 Å². The fourth-order valence-corrected chi connectivity index (χ4v) is 2.45. The summed E-state index contributed by atoms with van der Waals surface area (Å²) < 4.78 is 5.01. The third kappa shape index (κ3) is 10.5. The van der Waals surface area contributed by atoms with Crippen LogP contribution in [0.15, 0.2) is 12.2 Å². The van der Waals surface area contributed by atoms with E-state index in [1.165, 1.54) is 25.7 Å². The van der Waals surface area contributed by atoms with Crippen LogP contribution in [0.2, 0.25) is 0 Å². The van der Waals surface area contributed by atoms with Crippen molar-refractivity contribution < 1.29 is 14.6 Å². The lowest BCUT2D eigenvalue weighted by Crippen LogP contribution is -2.28. The van der Waals surface area contributed by atoms with Gasteiger partial charge in [-0.2, -0.15) is 0 Å². The first kappa shape index (κ1) is 20.7. The third-order valence-corrected chi connectivity index (χ3v) is 3.69. The summed E-state index contributed by atoms with van der Waals surface area (Å²) in [5.41, 5.74) is 0. The molecule has 22 heavy (non-hydrogen) atoms. The van der Waals surface area contributed by atoms with Gasteiger partial charge in [0.15, 0.2) is 0 Å². The minimum atomic E-state index is -0.647. The summed E-state index contributed by atoms with van der Waals surface area (Å²) in [6, 6.07) is 0. The van der Waals surface area contributed by atoms with E-state index < -0.39 is 12.0 Å². The monoisotopic (exact) mass is 308 g/mol. The number of aliphatic hydroxyl groups is 1. The Hall–Kier alpha value is -1.27. The van der Waals surface area contributed by atoms with E-state index in [1.807, 2.05) is 6.92 Å². The second kappa shape index (κ2) is 14.7. The Morgan fingerprint density at radius 2 is 1.77 bits per heavy atom. The molecule has 1 N–H and O–H groups in total. The minimum Gasteiger partial charge on any atom is -0.465 e. The molecule has 2 atom stereocenters. The summed E-state index contributed by atoms with van der Waals surface area (Å²) in [7, 11) is 0. The normalized spacial score (nSPS) is 13.7. The maximum atomic E-state index is 11.8. The highest BCUT2D eigenvalue weighted by Gasteiger charge is 2.24. The van der Waals surface area contributed by atoms with Gasteiger partial charge in [0.25, 0.3) is 0 Å². The number of carbonyl (C=O) groups is 1. The lowest BCUT2D eigenvalue weighted by atomic mass is 9.96. The molecule has 0 aromatic rings. The molecule has 126 valence electrons. The molecule has 3 nitrogen and oxygen atoms in total. The quantitative estimate of drug-likeness (QED) is 0.239. The molecule has 0 amide bonds. The number of carbonyl (C=O) groups excluding carboxylic acids is 1. The van der Waals surface area contributed by atoms with Crippen molar-refractivity contribution in [2.45, 2.75) is 77.7 Å². The molecule has 0 fully saturated rings. The van der Waals surface area contributed by atoms with Crippen molar-refractivity contribution in [1.29, 1.82) is 0 Å². The van der Waals surface area contributed by atoms with Crippen molar-refractivity contribution in [3.8, 4) is 12.3 Å². The van der Waals surface area contributed by atoms with Gasteiger partial charge in [0.1, 0.15) is 5.92 Å². The maximum Gasteiger partial charge on any atom is 0.315 e. The smallest absolute Gasteiger partial charge is 0.315 e. The van der Waals surface area contributed by atoms with Gasteiger partial charge < -0.3 is 9.84 Å². The molecule has 0 aliphatic heterocycles. The van der Waals surface area contributed by atoms with Crippen LogP contribution in [-0.4, -0.2) is 23.8 Å². The molecule has 0 aliphatic rings. The van der Waals surface area contributed by atoms with Crippen LogP contribution in [0.25, 0.3) is 0 Å². The summed E-state index contributed by atoms with van der Waals surface area (Å²) in [4.78, 5) is 11.8. The SMILES string of the molecule is C#CCCCCCCCCCC(O)C(/C=C\C)C(=O)OCC. The average Bonchev–Trinajstić information content (AvgIpc) is 2.51.